The summed E-state index contributed by atoms with van der Waals surface area (Å²) >= 11 is 1.01. The van der Waals surface area contributed by atoms with Gasteiger partial charge in [0, 0.05) is 5.56 Å². The van der Waals surface area contributed by atoms with Gasteiger partial charge in [-0.15, -0.1) is 0 Å². The molecule has 1 heterocycles. The maximum atomic E-state index is 12.8. The third-order valence-electron chi connectivity index (χ3n) is 5.24. The first kappa shape index (κ1) is 20.9. The van der Waals surface area contributed by atoms with Gasteiger partial charge in [0.2, 0.25) is 5.91 Å². The van der Waals surface area contributed by atoms with E-state index in [1.54, 1.807) is 18.2 Å². The van der Waals surface area contributed by atoms with E-state index in [1.807, 2.05) is 43.3 Å². The fraction of sp³-hybridized carbons (Fsp3) is 0.160. The van der Waals surface area contributed by atoms with Gasteiger partial charge in [0.25, 0.3) is 11.1 Å². The molecule has 3 aromatic rings. The zero-order chi connectivity index (χ0) is 21.8. The SMILES string of the molecule is CC(NC(=O)c1cccc(CN2C(=O)CSC2=O)c1)c1ccc(-c2ccccc2)cc1. The van der Waals surface area contributed by atoms with Gasteiger partial charge in [-0.25, -0.2) is 0 Å². The smallest absolute Gasteiger partial charge is 0.289 e. The molecule has 1 aliphatic heterocycles. The second kappa shape index (κ2) is 9.18. The van der Waals surface area contributed by atoms with Gasteiger partial charge in [0.1, 0.15) is 0 Å². The van der Waals surface area contributed by atoms with Crippen molar-refractivity contribution >= 4 is 28.8 Å². The van der Waals surface area contributed by atoms with Crippen molar-refractivity contribution in [1.29, 1.82) is 0 Å². The van der Waals surface area contributed by atoms with Crippen LogP contribution >= 0.6 is 11.8 Å². The van der Waals surface area contributed by atoms with Crippen LogP contribution in [0.3, 0.4) is 0 Å². The number of carbonyl (C=O) groups excluding carboxylic acids is 3. The molecule has 1 aliphatic rings. The number of nitrogens with one attached hydrogen (secondary N) is 1. The van der Waals surface area contributed by atoms with Gasteiger partial charge in [-0.2, -0.15) is 0 Å². The predicted molar refractivity (Wildman–Crippen MR) is 123 cm³/mol. The third-order valence-corrected chi connectivity index (χ3v) is 6.09. The molecule has 1 N–H and O–H groups in total. The Morgan fingerprint density at radius 2 is 1.68 bits per heavy atom. The Morgan fingerprint density at radius 1 is 0.968 bits per heavy atom. The van der Waals surface area contributed by atoms with E-state index >= 15 is 0 Å². The molecule has 0 aromatic heterocycles. The highest BCUT2D eigenvalue weighted by molar-refractivity contribution is 8.14. The lowest BCUT2D eigenvalue weighted by Gasteiger charge is -2.16. The number of amides is 3. The average Bonchev–Trinajstić information content (AvgIpc) is 3.12. The van der Waals surface area contributed by atoms with E-state index in [-0.39, 0.29) is 35.4 Å². The van der Waals surface area contributed by atoms with Crippen molar-refractivity contribution in [2.24, 2.45) is 0 Å². The summed E-state index contributed by atoms with van der Waals surface area (Å²) in [4.78, 5) is 37.6. The molecule has 6 heteroatoms. The molecule has 0 bridgehead atoms. The van der Waals surface area contributed by atoms with E-state index in [2.05, 4.69) is 29.6 Å². The number of imide groups is 1. The van der Waals surface area contributed by atoms with Crippen LogP contribution in [0.2, 0.25) is 0 Å². The topological polar surface area (TPSA) is 66.5 Å². The molecule has 31 heavy (non-hydrogen) atoms. The summed E-state index contributed by atoms with van der Waals surface area (Å²) in [5.74, 6) is -0.216. The second-order valence-electron chi connectivity index (χ2n) is 7.42. The van der Waals surface area contributed by atoms with Crippen LogP contribution in [0.5, 0.6) is 0 Å². The molecule has 0 spiro atoms. The van der Waals surface area contributed by atoms with Gasteiger partial charge in [-0.3, -0.25) is 19.3 Å². The number of thioether (sulfide) groups is 1. The van der Waals surface area contributed by atoms with Crippen molar-refractivity contribution in [2.45, 2.75) is 19.5 Å². The summed E-state index contributed by atoms with van der Waals surface area (Å²) in [7, 11) is 0. The quantitative estimate of drug-likeness (QED) is 0.595. The van der Waals surface area contributed by atoms with Gasteiger partial charge < -0.3 is 5.32 Å². The zero-order valence-electron chi connectivity index (χ0n) is 17.1. The highest BCUT2D eigenvalue weighted by Crippen LogP contribution is 2.23. The summed E-state index contributed by atoms with van der Waals surface area (Å²) in [6.07, 6.45) is 0. The Morgan fingerprint density at radius 3 is 2.35 bits per heavy atom. The van der Waals surface area contributed by atoms with Gasteiger partial charge in [-0.1, -0.05) is 78.5 Å². The molecule has 5 nitrogen and oxygen atoms in total. The normalized spacial score (nSPS) is 14.5. The summed E-state index contributed by atoms with van der Waals surface area (Å²) < 4.78 is 0. The van der Waals surface area contributed by atoms with Crippen LogP contribution in [0.25, 0.3) is 11.1 Å². The van der Waals surface area contributed by atoms with Crippen LogP contribution in [-0.4, -0.2) is 27.7 Å². The van der Waals surface area contributed by atoms with E-state index in [0.29, 0.717) is 5.56 Å². The maximum Gasteiger partial charge on any atom is 0.289 e. The van der Waals surface area contributed by atoms with Crippen LogP contribution in [0.15, 0.2) is 78.9 Å². The van der Waals surface area contributed by atoms with Crippen molar-refractivity contribution in [3.8, 4) is 11.1 Å². The van der Waals surface area contributed by atoms with E-state index in [0.717, 1.165) is 34.0 Å². The Balaban J connectivity index is 1.42. The Labute approximate surface area is 185 Å². The zero-order valence-corrected chi connectivity index (χ0v) is 17.9. The van der Waals surface area contributed by atoms with Crippen molar-refractivity contribution < 1.29 is 14.4 Å². The fourth-order valence-electron chi connectivity index (χ4n) is 3.49. The number of benzene rings is 3. The molecular formula is C25H22N2O3S. The Hall–Kier alpha value is -3.38. The lowest BCUT2D eigenvalue weighted by molar-refractivity contribution is -0.125. The highest BCUT2D eigenvalue weighted by Gasteiger charge is 2.29. The lowest BCUT2D eigenvalue weighted by Crippen LogP contribution is -2.29. The summed E-state index contributed by atoms with van der Waals surface area (Å²) in [6.45, 7) is 2.13. The van der Waals surface area contributed by atoms with Crippen LogP contribution in [0, 0.1) is 0 Å². The maximum absolute atomic E-state index is 12.8. The van der Waals surface area contributed by atoms with Crippen molar-refractivity contribution in [1.82, 2.24) is 10.2 Å². The van der Waals surface area contributed by atoms with E-state index < -0.39 is 0 Å². The summed E-state index contributed by atoms with van der Waals surface area (Å²) in [5, 5.41) is 2.78. The fourth-order valence-corrected chi connectivity index (χ4v) is 4.21. The minimum Gasteiger partial charge on any atom is -0.346 e. The van der Waals surface area contributed by atoms with Crippen molar-refractivity contribution in [3.63, 3.8) is 0 Å². The summed E-state index contributed by atoms with van der Waals surface area (Å²) in [6, 6.07) is 25.1. The number of hydrogen-bond acceptors (Lipinski definition) is 4. The van der Waals surface area contributed by atoms with Gasteiger partial charge >= 0.3 is 0 Å². The molecule has 1 saturated heterocycles. The Kier molecular flexibility index (Phi) is 6.18. The molecule has 3 amide bonds. The minimum atomic E-state index is -0.243. The molecule has 156 valence electrons. The number of hydrogen-bond donors (Lipinski definition) is 1. The van der Waals surface area contributed by atoms with Crippen LogP contribution in [-0.2, 0) is 11.3 Å². The molecule has 1 atom stereocenters. The largest absolute Gasteiger partial charge is 0.346 e. The van der Waals surface area contributed by atoms with E-state index in [4.69, 9.17) is 0 Å². The second-order valence-corrected chi connectivity index (χ2v) is 8.34. The molecular weight excluding hydrogens is 408 g/mol. The first-order chi connectivity index (χ1) is 15.0. The predicted octanol–water partition coefficient (Wildman–Crippen LogP) is 5.04. The number of rotatable bonds is 6. The summed E-state index contributed by atoms with van der Waals surface area (Å²) in [5.41, 5.74) is 4.53. The van der Waals surface area contributed by atoms with Gasteiger partial charge in [-0.05, 0) is 41.3 Å². The molecule has 4 rings (SSSR count). The average molecular weight is 431 g/mol. The van der Waals surface area contributed by atoms with Crippen molar-refractivity contribution in [3.05, 3.63) is 95.6 Å². The van der Waals surface area contributed by atoms with Crippen molar-refractivity contribution in [2.75, 3.05) is 5.75 Å². The molecule has 1 unspecified atom stereocenters. The third kappa shape index (κ3) is 4.86. The molecule has 0 saturated carbocycles. The molecule has 1 fully saturated rings. The van der Waals surface area contributed by atoms with Crippen LogP contribution < -0.4 is 5.32 Å². The van der Waals surface area contributed by atoms with Gasteiger partial charge in [0.15, 0.2) is 0 Å². The minimum absolute atomic E-state index is 0.167. The lowest BCUT2D eigenvalue weighted by atomic mass is 10.0. The van der Waals surface area contributed by atoms with Crippen LogP contribution in [0.4, 0.5) is 4.79 Å². The monoisotopic (exact) mass is 430 g/mol. The van der Waals surface area contributed by atoms with E-state index in [1.165, 1.54) is 4.90 Å². The van der Waals surface area contributed by atoms with Crippen LogP contribution in [0.1, 0.15) is 34.5 Å². The van der Waals surface area contributed by atoms with Gasteiger partial charge in [0.05, 0.1) is 18.3 Å². The number of carbonyl (C=O) groups is 3. The first-order valence-corrected chi connectivity index (χ1v) is 11.0. The number of nitrogens with zero attached hydrogens (tertiary/aromatic N) is 1. The molecule has 0 radical (unpaired) electrons. The highest BCUT2D eigenvalue weighted by atomic mass is 32.2. The standard InChI is InChI=1S/C25H22N2O3S/c1-17(19-10-12-21(13-11-19)20-7-3-2-4-8-20)26-24(29)22-9-5-6-18(14-22)15-27-23(28)16-31-25(27)30/h2-14,17H,15-16H2,1H3,(H,26,29). The molecule has 3 aromatic carbocycles. The van der Waals surface area contributed by atoms with E-state index in [9.17, 15) is 14.4 Å². The molecule has 0 aliphatic carbocycles. The first-order valence-electron chi connectivity index (χ1n) is 10.0. The Bertz CT molecular complexity index is 1100.